The third-order valence-electron chi connectivity index (χ3n) is 3.98. The van der Waals surface area contributed by atoms with E-state index in [0.29, 0.717) is 5.92 Å². The second-order valence-electron chi connectivity index (χ2n) is 4.53. The van der Waals surface area contributed by atoms with Crippen LogP contribution in [-0.2, 0) is 9.53 Å². The Labute approximate surface area is 79.7 Å². The Bertz CT molecular complexity index is 212. The van der Waals surface area contributed by atoms with E-state index in [4.69, 9.17) is 4.74 Å². The molecule has 13 heavy (non-hydrogen) atoms. The van der Waals surface area contributed by atoms with Gasteiger partial charge in [0.1, 0.15) is 0 Å². The van der Waals surface area contributed by atoms with Crippen LogP contribution in [0.5, 0.6) is 0 Å². The predicted octanol–water partition coefficient (Wildman–Crippen LogP) is 2.23. The summed E-state index contributed by atoms with van der Waals surface area (Å²) in [7, 11) is 1.51. The minimum absolute atomic E-state index is 0.0330. The lowest BCUT2D eigenvalue weighted by atomic mass is 9.79. The van der Waals surface area contributed by atoms with Crippen molar-refractivity contribution in [1.29, 1.82) is 0 Å². The first kappa shape index (κ1) is 9.04. The van der Waals surface area contributed by atoms with Gasteiger partial charge in [-0.25, -0.2) is 0 Å². The number of carbonyl (C=O) groups excluding carboxylic acids is 1. The second kappa shape index (κ2) is 3.32. The van der Waals surface area contributed by atoms with Gasteiger partial charge >= 0.3 is 5.97 Å². The third kappa shape index (κ3) is 1.36. The molecule has 0 spiro atoms. The van der Waals surface area contributed by atoms with Gasteiger partial charge in [-0.2, -0.15) is 0 Å². The van der Waals surface area contributed by atoms with E-state index in [1.54, 1.807) is 0 Å². The van der Waals surface area contributed by atoms with Crippen LogP contribution in [0.4, 0.5) is 0 Å². The first-order chi connectivity index (χ1) is 6.26. The van der Waals surface area contributed by atoms with E-state index in [-0.39, 0.29) is 11.9 Å². The maximum atomic E-state index is 11.4. The summed E-state index contributed by atoms with van der Waals surface area (Å²) in [6.45, 7) is 2.24. The number of rotatable bonds is 2. The molecule has 74 valence electrons. The van der Waals surface area contributed by atoms with Gasteiger partial charge < -0.3 is 4.74 Å². The van der Waals surface area contributed by atoms with Crippen molar-refractivity contribution in [3.63, 3.8) is 0 Å². The van der Waals surface area contributed by atoms with Gasteiger partial charge in [-0.3, -0.25) is 4.79 Å². The summed E-state index contributed by atoms with van der Waals surface area (Å²) in [6.07, 6.45) is 4.95. The number of hydrogen-bond acceptors (Lipinski definition) is 2. The van der Waals surface area contributed by atoms with Crippen molar-refractivity contribution in [1.82, 2.24) is 0 Å². The molecule has 2 saturated carbocycles. The van der Waals surface area contributed by atoms with Crippen molar-refractivity contribution in [2.24, 2.45) is 23.7 Å². The summed E-state index contributed by atoms with van der Waals surface area (Å²) in [5.41, 5.74) is 0. The molecule has 2 fully saturated rings. The quantitative estimate of drug-likeness (QED) is 0.612. The van der Waals surface area contributed by atoms with Gasteiger partial charge in [-0.15, -0.1) is 0 Å². The van der Waals surface area contributed by atoms with Crippen LogP contribution in [0.1, 0.15) is 32.6 Å². The Morgan fingerprint density at radius 2 is 2.15 bits per heavy atom. The molecule has 0 aliphatic heterocycles. The zero-order chi connectivity index (χ0) is 9.42. The van der Waals surface area contributed by atoms with Crippen molar-refractivity contribution in [3.05, 3.63) is 0 Å². The Morgan fingerprint density at radius 1 is 1.38 bits per heavy atom. The van der Waals surface area contributed by atoms with E-state index in [0.717, 1.165) is 18.3 Å². The van der Waals surface area contributed by atoms with Crippen LogP contribution in [0.3, 0.4) is 0 Å². The molecule has 2 aliphatic rings. The third-order valence-corrected chi connectivity index (χ3v) is 3.98. The van der Waals surface area contributed by atoms with Gasteiger partial charge in [-0.05, 0) is 37.0 Å². The summed E-state index contributed by atoms with van der Waals surface area (Å²) >= 11 is 0. The van der Waals surface area contributed by atoms with E-state index in [1.807, 2.05) is 0 Å². The summed E-state index contributed by atoms with van der Waals surface area (Å²) in [5, 5.41) is 0. The van der Waals surface area contributed by atoms with Gasteiger partial charge in [0.2, 0.25) is 0 Å². The van der Waals surface area contributed by atoms with Crippen molar-refractivity contribution < 1.29 is 9.53 Å². The van der Waals surface area contributed by atoms with Crippen LogP contribution in [-0.4, -0.2) is 13.1 Å². The van der Waals surface area contributed by atoms with Crippen molar-refractivity contribution >= 4 is 5.97 Å². The highest BCUT2D eigenvalue weighted by Gasteiger charge is 2.48. The predicted molar refractivity (Wildman–Crippen MR) is 50.1 cm³/mol. The smallest absolute Gasteiger partial charge is 0.308 e. The SMILES string of the molecule is CCC1CC2CC(C(=O)OC)C1C2. The molecule has 0 aromatic carbocycles. The van der Waals surface area contributed by atoms with Crippen LogP contribution in [0.15, 0.2) is 0 Å². The van der Waals surface area contributed by atoms with E-state index < -0.39 is 0 Å². The van der Waals surface area contributed by atoms with Crippen LogP contribution < -0.4 is 0 Å². The van der Waals surface area contributed by atoms with Crippen molar-refractivity contribution in [2.45, 2.75) is 32.6 Å². The largest absolute Gasteiger partial charge is 0.469 e. The molecule has 0 amide bonds. The molecule has 2 heteroatoms. The van der Waals surface area contributed by atoms with Gasteiger partial charge in [0.15, 0.2) is 0 Å². The fourth-order valence-electron chi connectivity index (χ4n) is 3.39. The first-order valence-corrected chi connectivity index (χ1v) is 5.34. The van der Waals surface area contributed by atoms with E-state index in [9.17, 15) is 4.79 Å². The highest BCUT2D eigenvalue weighted by Crippen LogP contribution is 2.53. The Balaban J connectivity index is 2.05. The van der Waals surface area contributed by atoms with Crippen LogP contribution in [0.2, 0.25) is 0 Å². The maximum Gasteiger partial charge on any atom is 0.308 e. The molecule has 4 atom stereocenters. The summed E-state index contributed by atoms with van der Waals surface area (Å²) in [4.78, 5) is 11.4. The van der Waals surface area contributed by atoms with Crippen molar-refractivity contribution in [3.8, 4) is 0 Å². The number of esters is 1. The zero-order valence-corrected chi connectivity index (χ0v) is 8.45. The standard InChI is InChI=1S/C11H18O2/c1-3-8-4-7-5-9(8)10(6-7)11(12)13-2/h7-10H,3-6H2,1-2H3. The van der Waals surface area contributed by atoms with Gasteiger partial charge in [-0.1, -0.05) is 13.3 Å². The minimum atomic E-state index is 0.0330. The number of carbonyl (C=O) groups is 1. The number of methoxy groups -OCH3 is 1. The molecule has 4 unspecified atom stereocenters. The highest BCUT2D eigenvalue weighted by molar-refractivity contribution is 5.73. The molecule has 0 heterocycles. The molecule has 0 aromatic rings. The second-order valence-corrected chi connectivity index (χ2v) is 4.53. The Morgan fingerprint density at radius 3 is 2.69 bits per heavy atom. The lowest BCUT2D eigenvalue weighted by Crippen LogP contribution is -2.27. The number of hydrogen-bond donors (Lipinski definition) is 0. The monoisotopic (exact) mass is 182 g/mol. The molecule has 2 nitrogen and oxygen atoms in total. The van der Waals surface area contributed by atoms with Gasteiger partial charge in [0, 0.05) is 0 Å². The summed E-state index contributed by atoms with van der Waals surface area (Å²) < 4.78 is 4.84. The molecule has 0 radical (unpaired) electrons. The average molecular weight is 182 g/mol. The molecular weight excluding hydrogens is 164 g/mol. The average Bonchev–Trinajstić information content (AvgIpc) is 2.74. The molecular formula is C11H18O2. The van der Waals surface area contributed by atoms with Crippen LogP contribution >= 0.6 is 0 Å². The van der Waals surface area contributed by atoms with Gasteiger partial charge in [0.25, 0.3) is 0 Å². The summed E-state index contributed by atoms with van der Waals surface area (Å²) in [6, 6.07) is 0. The molecule has 2 aliphatic carbocycles. The van der Waals surface area contributed by atoms with Crippen molar-refractivity contribution in [2.75, 3.05) is 7.11 Å². The van der Waals surface area contributed by atoms with Crippen LogP contribution in [0.25, 0.3) is 0 Å². The zero-order valence-electron chi connectivity index (χ0n) is 8.45. The van der Waals surface area contributed by atoms with E-state index >= 15 is 0 Å². The fraction of sp³-hybridized carbons (Fsp3) is 0.909. The van der Waals surface area contributed by atoms with E-state index in [2.05, 4.69) is 6.92 Å². The summed E-state index contributed by atoms with van der Waals surface area (Å²) in [5.74, 6) is 2.52. The minimum Gasteiger partial charge on any atom is -0.469 e. The number of fused-ring (bicyclic) bond motifs is 2. The Kier molecular flexibility index (Phi) is 2.31. The normalized spacial score (nSPS) is 42.3. The van der Waals surface area contributed by atoms with E-state index in [1.165, 1.54) is 26.4 Å². The lowest BCUT2D eigenvalue weighted by molar-refractivity contribution is -0.148. The molecule has 2 bridgehead atoms. The van der Waals surface area contributed by atoms with Crippen LogP contribution in [0, 0.1) is 23.7 Å². The maximum absolute atomic E-state index is 11.4. The topological polar surface area (TPSA) is 26.3 Å². The fourth-order valence-corrected chi connectivity index (χ4v) is 3.39. The van der Waals surface area contributed by atoms with Gasteiger partial charge in [0.05, 0.1) is 13.0 Å². The molecule has 0 saturated heterocycles. The highest BCUT2D eigenvalue weighted by atomic mass is 16.5. The lowest BCUT2D eigenvalue weighted by Gasteiger charge is -2.26. The first-order valence-electron chi connectivity index (χ1n) is 5.34. The molecule has 0 N–H and O–H groups in total. The Hall–Kier alpha value is -0.530. The number of ether oxygens (including phenoxy) is 1. The molecule has 2 rings (SSSR count). The molecule has 0 aromatic heterocycles.